The van der Waals surface area contributed by atoms with E-state index in [-0.39, 0.29) is 5.84 Å². The van der Waals surface area contributed by atoms with Crippen molar-refractivity contribution in [3.8, 4) is 0 Å². The number of benzene rings is 1. The monoisotopic (exact) mass is 343 g/mol. The smallest absolute Gasteiger partial charge is 0.172 e. The molecule has 0 radical (unpaired) electrons. The Labute approximate surface area is 126 Å². The van der Waals surface area contributed by atoms with E-state index < -0.39 is 0 Å². The molecule has 0 bridgehead atoms. The second kappa shape index (κ2) is 6.52. The molecule has 1 aromatic carbocycles. The standard InChI is InChI=1S/C13H18BrN3OS/c1-2-10-8-17(5-6-19-10)12-4-3-9(14)7-11(12)13(15)16-18/h3-4,7,10,18H,2,5-6,8H2,1H3,(H2,15,16). The van der Waals surface area contributed by atoms with Crippen LogP contribution in [0.5, 0.6) is 0 Å². The number of rotatable bonds is 3. The van der Waals surface area contributed by atoms with Crippen molar-refractivity contribution in [3.05, 3.63) is 28.2 Å². The minimum Gasteiger partial charge on any atom is -0.409 e. The Morgan fingerprint density at radius 1 is 1.63 bits per heavy atom. The molecule has 0 aromatic heterocycles. The van der Waals surface area contributed by atoms with Crippen molar-refractivity contribution in [2.45, 2.75) is 18.6 Å². The third kappa shape index (κ3) is 3.36. The minimum atomic E-state index is 0.155. The van der Waals surface area contributed by atoms with Gasteiger partial charge in [0.05, 0.1) is 0 Å². The highest BCUT2D eigenvalue weighted by Gasteiger charge is 2.22. The molecule has 4 nitrogen and oxygen atoms in total. The van der Waals surface area contributed by atoms with Gasteiger partial charge >= 0.3 is 0 Å². The van der Waals surface area contributed by atoms with Gasteiger partial charge in [-0.2, -0.15) is 11.8 Å². The lowest BCUT2D eigenvalue weighted by molar-refractivity contribution is 0.318. The van der Waals surface area contributed by atoms with Crippen LogP contribution in [-0.2, 0) is 0 Å². The first kappa shape index (κ1) is 14.5. The summed E-state index contributed by atoms with van der Waals surface area (Å²) < 4.78 is 0.927. The Hall–Kier alpha value is -0.880. The van der Waals surface area contributed by atoms with Crippen LogP contribution in [0, 0.1) is 0 Å². The molecule has 0 amide bonds. The molecule has 0 saturated carbocycles. The van der Waals surface area contributed by atoms with E-state index in [1.165, 1.54) is 0 Å². The van der Waals surface area contributed by atoms with Gasteiger partial charge in [-0.25, -0.2) is 0 Å². The van der Waals surface area contributed by atoms with Crippen LogP contribution >= 0.6 is 27.7 Å². The van der Waals surface area contributed by atoms with Crippen molar-refractivity contribution < 1.29 is 5.21 Å². The van der Waals surface area contributed by atoms with Crippen molar-refractivity contribution in [1.82, 2.24) is 0 Å². The van der Waals surface area contributed by atoms with E-state index in [4.69, 9.17) is 10.9 Å². The van der Waals surface area contributed by atoms with E-state index in [2.05, 4.69) is 32.9 Å². The Kier molecular flexibility index (Phi) is 4.99. The fourth-order valence-electron chi connectivity index (χ4n) is 2.23. The Bertz CT molecular complexity index is 481. The lowest BCUT2D eigenvalue weighted by Crippen LogP contribution is -2.38. The molecule has 0 spiro atoms. The topological polar surface area (TPSA) is 61.8 Å². The molecule has 1 aliphatic heterocycles. The third-order valence-electron chi connectivity index (χ3n) is 3.28. The summed E-state index contributed by atoms with van der Waals surface area (Å²) in [5.41, 5.74) is 7.60. The summed E-state index contributed by atoms with van der Waals surface area (Å²) in [5, 5.41) is 12.7. The van der Waals surface area contributed by atoms with E-state index in [0.29, 0.717) is 5.25 Å². The number of oxime groups is 1. The van der Waals surface area contributed by atoms with Crippen molar-refractivity contribution >= 4 is 39.2 Å². The van der Waals surface area contributed by atoms with Gasteiger partial charge in [-0.15, -0.1) is 0 Å². The molecule has 19 heavy (non-hydrogen) atoms. The highest BCUT2D eigenvalue weighted by atomic mass is 79.9. The number of amidine groups is 1. The molecular weight excluding hydrogens is 326 g/mol. The van der Waals surface area contributed by atoms with Crippen LogP contribution in [0.25, 0.3) is 0 Å². The molecule has 0 aliphatic carbocycles. The molecule has 1 fully saturated rings. The number of thioether (sulfide) groups is 1. The van der Waals surface area contributed by atoms with Gasteiger partial charge in [0.25, 0.3) is 0 Å². The van der Waals surface area contributed by atoms with Gasteiger partial charge in [0.2, 0.25) is 0 Å². The van der Waals surface area contributed by atoms with Crippen LogP contribution in [0.15, 0.2) is 27.8 Å². The second-order valence-corrected chi connectivity index (χ2v) is 6.82. The van der Waals surface area contributed by atoms with E-state index in [0.717, 1.165) is 41.0 Å². The molecule has 1 unspecified atom stereocenters. The highest BCUT2D eigenvalue weighted by Crippen LogP contribution is 2.30. The van der Waals surface area contributed by atoms with E-state index in [1.807, 2.05) is 30.0 Å². The predicted molar refractivity (Wildman–Crippen MR) is 85.4 cm³/mol. The van der Waals surface area contributed by atoms with Gasteiger partial charge in [-0.3, -0.25) is 0 Å². The maximum absolute atomic E-state index is 8.93. The van der Waals surface area contributed by atoms with Gasteiger partial charge in [0.1, 0.15) is 0 Å². The van der Waals surface area contributed by atoms with Gasteiger partial charge in [-0.1, -0.05) is 28.0 Å². The van der Waals surface area contributed by atoms with Gasteiger partial charge in [0.15, 0.2) is 5.84 Å². The summed E-state index contributed by atoms with van der Waals surface area (Å²) in [7, 11) is 0. The lowest BCUT2D eigenvalue weighted by Gasteiger charge is -2.34. The van der Waals surface area contributed by atoms with Crippen LogP contribution in [0.1, 0.15) is 18.9 Å². The van der Waals surface area contributed by atoms with E-state index in [9.17, 15) is 0 Å². The zero-order chi connectivity index (χ0) is 13.8. The molecule has 1 aromatic rings. The first-order valence-electron chi connectivity index (χ1n) is 6.29. The van der Waals surface area contributed by atoms with Crippen LogP contribution in [0.3, 0.4) is 0 Å². The fraction of sp³-hybridized carbons (Fsp3) is 0.462. The van der Waals surface area contributed by atoms with Crippen molar-refractivity contribution in [2.75, 3.05) is 23.7 Å². The lowest BCUT2D eigenvalue weighted by atomic mass is 10.1. The van der Waals surface area contributed by atoms with Crippen LogP contribution < -0.4 is 10.6 Å². The number of anilines is 1. The number of hydrogen-bond acceptors (Lipinski definition) is 4. The first-order chi connectivity index (χ1) is 9.15. The molecule has 6 heteroatoms. The first-order valence-corrected chi connectivity index (χ1v) is 8.14. The van der Waals surface area contributed by atoms with Gasteiger partial charge < -0.3 is 15.8 Å². The predicted octanol–water partition coefficient (Wildman–Crippen LogP) is 2.88. The number of halogens is 1. The zero-order valence-electron chi connectivity index (χ0n) is 10.8. The number of hydrogen-bond donors (Lipinski definition) is 2. The normalized spacial score (nSPS) is 20.6. The van der Waals surface area contributed by atoms with Crippen LogP contribution in [0.2, 0.25) is 0 Å². The SMILES string of the molecule is CCC1CN(c2ccc(Br)cc2/C(N)=N/O)CCS1. The number of nitrogens with zero attached hydrogens (tertiary/aromatic N) is 2. The molecule has 1 heterocycles. The van der Waals surface area contributed by atoms with Crippen molar-refractivity contribution in [1.29, 1.82) is 0 Å². The summed E-state index contributed by atoms with van der Waals surface area (Å²) in [4.78, 5) is 2.32. The summed E-state index contributed by atoms with van der Waals surface area (Å²) in [6.45, 7) is 4.22. The number of nitrogens with two attached hydrogens (primary N) is 1. The second-order valence-electron chi connectivity index (χ2n) is 4.49. The maximum Gasteiger partial charge on any atom is 0.172 e. The van der Waals surface area contributed by atoms with Crippen molar-refractivity contribution in [2.24, 2.45) is 10.9 Å². The van der Waals surface area contributed by atoms with Crippen molar-refractivity contribution in [3.63, 3.8) is 0 Å². The molecular formula is C13H18BrN3OS. The summed E-state index contributed by atoms with van der Waals surface area (Å²) >= 11 is 5.45. The Morgan fingerprint density at radius 2 is 2.42 bits per heavy atom. The molecule has 1 saturated heterocycles. The average molecular weight is 344 g/mol. The highest BCUT2D eigenvalue weighted by molar-refractivity contribution is 9.10. The van der Waals surface area contributed by atoms with Gasteiger partial charge in [0, 0.05) is 39.8 Å². The van der Waals surface area contributed by atoms with Gasteiger partial charge in [-0.05, 0) is 24.6 Å². The molecule has 1 aliphatic rings. The summed E-state index contributed by atoms with van der Waals surface area (Å²) in [6.07, 6.45) is 1.16. The average Bonchev–Trinajstić information content (AvgIpc) is 2.46. The van der Waals surface area contributed by atoms with E-state index in [1.54, 1.807) is 0 Å². The van der Waals surface area contributed by atoms with Crippen LogP contribution in [-0.4, -0.2) is 35.1 Å². The summed E-state index contributed by atoms with van der Waals surface area (Å²) in [6, 6.07) is 5.92. The largest absolute Gasteiger partial charge is 0.409 e. The third-order valence-corrected chi connectivity index (χ3v) is 5.14. The fourth-order valence-corrected chi connectivity index (χ4v) is 3.77. The maximum atomic E-state index is 8.93. The minimum absolute atomic E-state index is 0.155. The Balaban J connectivity index is 2.33. The Morgan fingerprint density at radius 3 is 3.11 bits per heavy atom. The molecule has 1 atom stereocenters. The summed E-state index contributed by atoms with van der Waals surface area (Å²) in [5.74, 6) is 1.27. The molecule has 3 N–H and O–H groups in total. The van der Waals surface area contributed by atoms with Crippen LogP contribution in [0.4, 0.5) is 5.69 Å². The van der Waals surface area contributed by atoms with E-state index >= 15 is 0 Å². The zero-order valence-corrected chi connectivity index (χ0v) is 13.2. The molecule has 2 rings (SSSR count). The molecule has 104 valence electrons. The quantitative estimate of drug-likeness (QED) is 0.383.